The summed E-state index contributed by atoms with van der Waals surface area (Å²) in [5.74, 6) is 1.96. The summed E-state index contributed by atoms with van der Waals surface area (Å²) in [6.07, 6.45) is 5.91. The number of rotatable bonds is 3. The molecule has 126 valence electrons. The van der Waals surface area contributed by atoms with Crippen molar-refractivity contribution in [3.05, 3.63) is 30.5 Å². The predicted octanol–water partition coefficient (Wildman–Crippen LogP) is 2.58. The summed E-state index contributed by atoms with van der Waals surface area (Å²) in [4.78, 5) is 16.8. The zero-order valence-electron chi connectivity index (χ0n) is 13.7. The van der Waals surface area contributed by atoms with Gasteiger partial charge in [0.1, 0.15) is 5.69 Å². The number of hydrogen-bond acceptors (Lipinski definition) is 5. The van der Waals surface area contributed by atoms with E-state index in [1.165, 1.54) is 0 Å². The number of piperidine rings is 1. The van der Waals surface area contributed by atoms with E-state index in [9.17, 15) is 4.79 Å². The molecule has 0 aromatic carbocycles. The van der Waals surface area contributed by atoms with Crippen LogP contribution in [0.5, 0.6) is 0 Å². The standard InChI is InChI=1S/C18H22N4O2/c23-18(21-9-1-2-10-21)14-5-3-11-22(13-14)17-8-7-15(19-20-17)16-6-4-12-24-16/h4,6-8,12,14H,1-3,5,9-11,13H2. The van der Waals surface area contributed by atoms with Gasteiger partial charge in [-0.05, 0) is 49.9 Å². The van der Waals surface area contributed by atoms with Crippen LogP contribution in [0.15, 0.2) is 34.9 Å². The van der Waals surface area contributed by atoms with E-state index in [1.807, 2.05) is 29.2 Å². The molecular formula is C18H22N4O2. The van der Waals surface area contributed by atoms with E-state index in [4.69, 9.17) is 4.42 Å². The summed E-state index contributed by atoms with van der Waals surface area (Å²) in [5.41, 5.74) is 0.727. The summed E-state index contributed by atoms with van der Waals surface area (Å²) in [5, 5.41) is 8.60. The molecule has 1 unspecified atom stereocenters. The molecule has 6 heteroatoms. The van der Waals surface area contributed by atoms with Crippen LogP contribution in [0.2, 0.25) is 0 Å². The van der Waals surface area contributed by atoms with Crippen LogP contribution < -0.4 is 4.90 Å². The second-order valence-electron chi connectivity index (χ2n) is 6.57. The Hall–Kier alpha value is -2.37. The van der Waals surface area contributed by atoms with Crippen molar-refractivity contribution in [1.29, 1.82) is 0 Å². The molecule has 4 rings (SSSR count). The van der Waals surface area contributed by atoms with Crippen molar-refractivity contribution < 1.29 is 9.21 Å². The van der Waals surface area contributed by atoms with Gasteiger partial charge in [0.15, 0.2) is 11.6 Å². The molecule has 1 amide bonds. The van der Waals surface area contributed by atoms with Gasteiger partial charge in [-0.1, -0.05) is 0 Å². The third kappa shape index (κ3) is 3.00. The third-order valence-electron chi connectivity index (χ3n) is 4.94. The normalized spacial score (nSPS) is 21.2. The summed E-state index contributed by atoms with van der Waals surface area (Å²) < 4.78 is 5.34. The van der Waals surface area contributed by atoms with Gasteiger partial charge in [-0.25, -0.2) is 0 Å². The highest BCUT2D eigenvalue weighted by molar-refractivity contribution is 5.80. The Labute approximate surface area is 141 Å². The lowest BCUT2D eigenvalue weighted by atomic mass is 9.96. The van der Waals surface area contributed by atoms with Crippen molar-refractivity contribution in [3.63, 3.8) is 0 Å². The van der Waals surface area contributed by atoms with Crippen molar-refractivity contribution >= 4 is 11.7 Å². The highest BCUT2D eigenvalue weighted by atomic mass is 16.3. The maximum absolute atomic E-state index is 12.6. The van der Waals surface area contributed by atoms with Gasteiger partial charge >= 0.3 is 0 Å². The van der Waals surface area contributed by atoms with Crippen LogP contribution >= 0.6 is 0 Å². The Balaban J connectivity index is 1.44. The molecule has 0 N–H and O–H groups in total. The molecule has 2 fully saturated rings. The predicted molar refractivity (Wildman–Crippen MR) is 90.5 cm³/mol. The van der Waals surface area contributed by atoms with E-state index >= 15 is 0 Å². The molecule has 24 heavy (non-hydrogen) atoms. The number of carbonyl (C=O) groups is 1. The van der Waals surface area contributed by atoms with Crippen LogP contribution in [0.3, 0.4) is 0 Å². The van der Waals surface area contributed by atoms with Gasteiger partial charge in [-0.3, -0.25) is 4.79 Å². The molecule has 2 aromatic heterocycles. The van der Waals surface area contributed by atoms with Crippen molar-refractivity contribution in [1.82, 2.24) is 15.1 Å². The molecule has 2 aliphatic rings. The van der Waals surface area contributed by atoms with Gasteiger partial charge < -0.3 is 14.2 Å². The molecule has 2 aromatic rings. The number of nitrogens with zero attached hydrogens (tertiary/aromatic N) is 4. The Morgan fingerprint density at radius 2 is 1.96 bits per heavy atom. The summed E-state index contributed by atoms with van der Waals surface area (Å²) in [7, 11) is 0. The molecule has 6 nitrogen and oxygen atoms in total. The topological polar surface area (TPSA) is 62.5 Å². The molecular weight excluding hydrogens is 304 g/mol. The fourth-order valence-corrected chi connectivity index (χ4v) is 3.63. The number of likely N-dealkylation sites (tertiary alicyclic amines) is 1. The van der Waals surface area contributed by atoms with Gasteiger partial charge in [0, 0.05) is 26.2 Å². The van der Waals surface area contributed by atoms with Gasteiger partial charge in [0.2, 0.25) is 5.91 Å². The van der Waals surface area contributed by atoms with Crippen LogP contribution in [0.4, 0.5) is 5.82 Å². The number of furan rings is 1. The smallest absolute Gasteiger partial charge is 0.227 e. The molecule has 2 aliphatic heterocycles. The monoisotopic (exact) mass is 326 g/mol. The lowest BCUT2D eigenvalue weighted by molar-refractivity contribution is -0.134. The molecule has 4 heterocycles. The molecule has 0 bridgehead atoms. The largest absolute Gasteiger partial charge is 0.463 e. The minimum atomic E-state index is 0.0865. The SMILES string of the molecule is O=C(C1CCCN(c2ccc(-c3ccco3)nn2)C1)N1CCCC1. The van der Waals surface area contributed by atoms with E-state index in [2.05, 4.69) is 15.1 Å². The van der Waals surface area contributed by atoms with Gasteiger partial charge in [-0.15, -0.1) is 10.2 Å². The highest BCUT2D eigenvalue weighted by Gasteiger charge is 2.31. The molecule has 0 radical (unpaired) electrons. The number of aromatic nitrogens is 2. The second kappa shape index (κ2) is 6.63. The maximum Gasteiger partial charge on any atom is 0.227 e. The first-order chi connectivity index (χ1) is 11.8. The fourth-order valence-electron chi connectivity index (χ4n) is 3.63. The Bertz CT molecular complexity index is 678. The highest BCUT2D eigenvalue weighted by Crippen LogP contribution is 2.25. The fraction of sp³-hybridized carbons (Fsp3) is 0.500. The van der Waals surface area contributed by atoms with E-state index in [1.54, 1.807) is 6.26 Å². The van der Waals surface area contributed by atoms with E-state index in [-0.39, 0.29) is 5.92 Å². The first-order valence-electron chi connectivity index (χ1n) is 8.72. The average Bonchev–Trinajstić information content (AvgIpc) is 3.35. The molecule has 1 atom stereocenters. The Kier molecular flexibility index (Phi) is 4.19. The minimum Gasteiger partial charge on any atom is -0.463 e. The Morgan fingerprint density at radius 1 is 1.08 bits per heavy atom. The van der Waals surface area contributed by atoms with E-state index in [0.29, 0.717) is 5.91 Å². The maximum atomic E-state index is 12.6. The second-order valence-corrected chi connectivity index (χ2v) is 6.57. The lowest BCUT2D eigenvalue weighted by Gasteiger charge is -2.34. The first kappa shape index (κ1) is 15.2. The zero-order chi connectivity index (χ0) is 16.4. The summed E-state index contributed by atoms with van der Waals surface area (Å²) >= 11 is 0. The van der Waals surface area contributed by atoms with E-state index < -0.39 is 0 Å². The number of carbonyl (C=O) groups excluding carboxylic acids is 1. The lowest BCUT2D eigenvalue weighted by Crippen LogP contribution is -2.44. The van der Waals surface area contributed by atoms with Crippen molar-refractivity contribution in [2.45, 2.75) is 25.7 Å². The third-order valence-corrected chi connectivity index (χ3v) is 4.94. The van der Waals surface area contributed by atoms with Gasteiger partial charge in [-0.2, -0.15) is 0 Å². The van der Waals surface area contributed by atoms with Crippen molar-refractivity contribution in [3.8, 4) is 11.5 Å². The molecule has 0 saturated carbocycles. The number of anilines is 1. The average molecular weight is 326 g/mol. The number of amides is 1. The minimum absolute atomic E-state index is 0.0865. The van der Waals surface area contributed by atoms with Crippen molar-refractivity contribution in [2.75, 3.05) is 31.1 Å². The van der Waals surface area contributed by atoms with Crippen LogP contribution in [0.1, 0.15) is 25.7 Å². The van der Waals surface area contributed by atoms with Crippen LogP contribution in [0, 0.1) is 5.92 Å². The summed E-state index contributed by atoms with van der Waals surface area (Å²) in [6, 6.07) is 7.60. The quantitative estimate of drug-likeness (QED) is 0.867. The van der Waals surface area contributed by atoms with Crippen molar-refractivity contribution in [2.24, 2.45) is 5.92 Å². The Morgan fingerprint density at radius 3 is 2.67 bits per heavy atom. The van der Waals surface area contributed by atoms with Crippen LogP contribution in [0.25, 0.3) is 11.5 Å². The molecule has 2 saturated heterocycles. The molecule has 0 aliphatic carbocycles. The number of hydrogen-bond donors (Lipinski definition) is 0. The van der Waals surface area contributed by atoms with Gasteiger partial charge in [0.25, 0.3) is 0 Å². The first-order valence-corrected chi connectivity index (χ1v) is 8.72. The van der Waals surface area contributed by atoms with Crippen LogP contribution in [-0.4, -0.2) is 47.2 Å². The van der Waals surface area contributed by atoms with Gasteiger partial charge in [0.05, 0.1) is 12.2 Å². The zero-order valence-corrected chi connectivity index (χ0v) is 13.7. The summed E-state index contributed by atoms with van der Waals surface area (Å²) in [6.45, 7) is 3.52. The van der Waals surface area contributed by atoms with E-state index in [0.717, 1.165) is 69.1 Å². The van der Waals surface area contributed by atoms with Crippen LogP contribution in [-0.2, 0) is 4.79 Å². The molecule has 0 spiro atoms.